The Hall–Kier alpha value is -1.52. The maximum Gasteiger partial charge on any atom is 0.194 e. The quantitative estimate of drug-likeness (QED) is 0.617. The summed E-state index contributed by atoms with van der Waals surface area (Å²) in [6, 6.07) is 2.00. The van der Waals surface area contributed by atoms with E-state index in [9.17, 15) is 0 Å². The van der Waals surface area contributed by atoms with Crippen molar-refractivity contribution in [1.29, 1.82) is 0 Å². The minimum Gasteiger partial charge on any atom is -0.357 e. The summed E-state index contributed by atoms with van der Waals surface area (Å²) >= 11 is 0. The summed E-state index contributed by atoms with van der Waals surface area (Å²) in [6.45, 7) is 6.88. The highest BCUT2D eigenvalue weighted by Gasteiger charge is 2.05. The molecule has 0 aliphatic rings. The second-order valence-electron chi connectivity index (χ2n) is 4.39. The normalized spacial score (nSPS) is 11.7. The number of nitrogens with zero attached hydrogens (tertiary/aromatic N) is 4. The molecule has 0 bridgehead atoms. The average molecular weight is 251 g/mol. The molecule has 1 N–H and O–H groups in total. The Bertz CT molecular complexity index is 369. The molecule has 1 aromatic heterocycles. The van der Waals surface area contributed by atoms with Gasteiger partial charge in [-0.25, -0.2) is 4.99 Å². The number of rotatable bonds is 6. The minimum atomic E-state index is 0.662. The Kier molecular flexibility index (Phi) is 6.25. The number of hydrogen-bond acceptors (Lipinski definition) is 2. The Balaban J connectivity index is 2.62. The third kappa shape index (κ3) is 4.39. The van der Waals surface area contributed by atoms with E-state index in [1.54, 1.807) is 6.20 Å². The molecule has 0 amide bonds. The third-order valence-corrected chi connectivity index (χ3v) is 2.86. The summed E-state index contributed by atoms with van der Waals surface area (Å²) in [7, 11) is 4.03. The van der Waals surface area contributed by atoms with Crippen molar-refractivity contribution >= 4 is 5.96 Å². The van der Waals surface area contributed by atoms with Crippen LogP contribution in [-0.4, -0.2) is 40.8 Å². The lowest BCUT2D eigenvalue weighted by Crippen LogP contribution is -2.39. The van der Waals surface area contributed by atoms with E-state index in [0.29, 0.717) is 6.54 Å². The van der Waals surface area contributed by atoms with Crippen molar-refractivity contribution in [3.05, 3.63) is 18.0 Å². The van der Waals surface area contributed by atoms with Crippen molar-refractivity contribution in [2.24, 2.45) is 12.0 Å². The lowest BCUT2D eigenvalue weighted by Gasteiger charge is -2.21. The molecule has 0 aromatic carbocycles. The van der Waals surface area contributed by atoms with E-state index >= 15 is 0 Å². The summed E-state index contributed by atoms with van der Waals surface area (Å²) in [4.78, 5) is 6.82. The smallest absolute Gasteiger partial charge is 0.194 e. The standard InChI is InChI=1S/C13H25N5/c1-5-7-10-17(3)13(14-6-2)15-11-12-8-9-16-18(12)4/h8-9H,5-7,10-11H2,1-4H3,(H,14,15). The van der Waals surface area contributed by atoms with E-state index in [2.05, 4.69) is 41.2 Å². The van der Waals surface area contributed by atoms with Gasteiger partial charge >= 0.3 is 0 Å². The SMILES string of the molecule is CCCCN(C)C(=NCc1ccnn1C)NCC. The molecule has 5 heteroatoms. The molecule has 18 heavy (non-hydrogen) atoms. The van der Waals surface area contributed by atoms with E-state index in [0.717, 1.165) is 24.7 Å². The first-order valence-electron chi connectivity index (χ1n) is 6.65. The molecule has 0 saturated carbocycles. The molecule has 0 aliphatic carbocycles. The zero-order valence-corrected chi connectivity index (χ0v) is 12.0. The Labute approximate surface area is 110 Å². The van der Waals surface area contributed by atoms with Crippen LogP contribution in [0.1, 0.15) is 32.4 Å². The van der Waals surface area contributed by atoms with Crippen molar-refractivity contribution < 1.29 is 0 Å². The fourth-order valence-corrected chi connectivity index (χ4v) is 1.68. The predicted molar refractivity (Wildman–Crippen MR) is 75.6 cm³/mol. The Morgan fingerprint density at radius 2 is 2.28 bits per heavy atom. The summed E-state index contributed by atoms with van der Waals surface area (Å²) < 4.78 is 1.86. The summed E-state index contributed by atoms with van der Waals surface area (Å²) in [6.07, 6.45) is 4.19. The van der Waals surface area contributed by atoms with Gasteiger partial charge in [-0.05, 0) is 19.4 Å². The van der Waals surface area contributed by atoms with E-state index < -0.39 is 0 Å². The largest absolute Gasteiger partial charge is 0.357 e. The number of aryl methyl sites for hydroxylation is 1. The highest BCUT2D eigenvalue weighted by atomic mass is 15.3. The van der Waals surface area contributed by atoms with Crippen LogP contribution in [-0.2, 0) is 13.6 Å². The van der Waals surface area contributed by atoms with Crippen molar-refractivity contribution in [3.8, 4) is 0 Å². The van der Waals surface area contributed by atoms with Crippen LogP contribution in [0.2, 0.25) is 0 Å². The van der Waals surface area contributed by atoms with Gasteiger partial charge in [0.25, 0.3) is 0 Å². The molecule has 0 unspecified atom stereocenters. The minimum absolute atomic E-state index is 0.662. The zero-order chi connectivity index (χ0) is 13.4. The molecule has 5 nitrogen and oxygen atoms in total. The van der Waals surface area contributed by atoms with E-state index in [1.807, 2.05) is 17.8 Å². The summed E-state index contributed by atoms with van der Waals surface area (Å²) in [5.74, 6) is 0.965. The van der Waals surface area contributed by atoms with Gasteiger partial charge in [0.2, 0.25) is 0 Å². The van der Waals surface area contributed by atoms with Gasteiger partial charge in [-0.15, -0.1) is 0 Å². The molecule has 102 valence electrons. The monoisotopic (exact) mass is 251 g/mol. The van der Waals surface area contributed by atoms with Crippen LogP contribution in [0.15, 0.2) is 17.3 Å². The lowest BCUT2D eigenvalue weighted by atomic mass is 10.3. The van der Waals surface area contributed by atoms with Crippen molar-refractivity contribution in [3.63, 3.8) is 0 Å². The van der Waals surface area contributed by atoms with Crippen LogP contribution in [0.5, 0.6) is 0 Å². The van der Waals surface area contributed by atoms with Gasteiger partial charge in [-0.3, -0.25) is 4.68 Å². The van der Waals surface area contributed by atoms with Gasteiger partial charge in [-0.2, -0.15) is 5.10 Å². The van der Waals surface area contributed by atoms with Gasteiger partial charge in [0.05, 0.1) is 12.2 Å². The lowest BCUT2D eigenvalue weighted by molar-refractivity contribution is 0.464. The van der Waals surface area contributed by atoms with Crippen LogP contribution in [0.4, 0.5) is 0 Å². The van der Waals surface area contributed by atoms with Crippen LogP contribution in [0, 0.1) is 0 Å². The van der Waals surface area contributed by atoms with E-state index in [1.165, 1.54) is 12.8 Å². The van der Waals surface area contributed by atoms with Gasteiger partial charge in [0.15, 0.2) is 5.96 Å². The number of unbranched alkanes of at least 4 members (excludes halogenated alkanes) is 1. The second kappa shape index (κ2) is 7.74. The number of aliphatic imine (C=N–C) groups is 1. The first-order valence-corrected chi connectivity index (χ1v) is 6.65. The molecule has 1 heterocycles. The number of aromatic nitrogens is 2. The average Bonchev–Trinajstić information content (AvgIpc) is 2.77. The highest BCUT2D eigenvalue weighted by molar-refractivity contribution is 5.79. The van der Waals surface area contributed by atoms with Crippen molar-refractivity contribution in [2.75, 3.05) is 20.1 Å². The molecule has 0 radical (unpaired) electrons. The van der Waals surface area contributed by atoms with Gasteiger partial charge in [-0.1, -0.05) is 13.3 Å². The fraction of sp³-hybridized carbons (Fsp3) is 0.692. The van der Waals surface area contributed by atoms with Crippen LogP contribution in [0.25, 0.3) is 0 Å². The van der Waals surface area contributed by atoms with Crippen LogP contribution < -0.4 is 5.32 Å². The van der Waals surface area contributed by atoms with Crippen LogP contribution >= 0.6 is 0 Å². The van der Waals surface area contributed by atoms with Gasteiger partial charge in [0, 0.05) is 33.4 Å². The van der Waals surface area contributed by atoms with E-state index in [-0.39, 0.29) is 0 Å². The molecule has 0 spiro atoms. The van der Waals surface area contributed by atoms with Crippen molar-refractivity contribution in [1.82, 2.24) is 20.0 Å². The van der Waals surface area contributed by atoms with Crippen LogP contribution in [0.3, 0.4) is 0 Å². The molecule has 0 atom stereocenters. The van der Waals surface area contributed by atoms with Gasteiger partial charge in [0.1, 0.15) is 0 Å². The molecular formula is C13H25N5. The second-order valence-corrected chi connectivity index (χ2v) is 4.39. The number of guanidine groups is 1. The fourth-order valence-electron chi connectivity index (χ4n) is 1.68. The zero-order valence-electron chi connectivity index (χ0n) is 12.0. The maximum absolute atomic E-state index is 4.64. The number of nitrogens with one attached hydrogen (secondary N) is 1. The predicted octanol–water partition coefficient (Wildman–Crippen LogP) is 1.62. The summed E-state index contributed by atoms with van der Waals surface area (Å²) in [5, 5.41) is 7.47. The highest BCUT2D eigenvalue weighted by Crippen LogP contribution is 2.00. The first-order chi connectivity index (χ1) is 8.69. The topological polar surface area (TPSA) is 45.5 Å². The van der Waals surface area contributed by atoms with Gasteiger partial charge < -0.3 is 10.2 Å². The molecular weight excluding hydrogens is 226 g/mol. The molecule has 1 rings (SSSR count). The molecule has 0 fully saturated rings. The Morgan fingerprint density at radius 3 is 2.83 bits per heavy atom. The first kappa shape index (κ1) is 14.5. The molecule has 0 aliphatic heterocycles. The molecule has 1 aromatic rings. The third-order valence-electron chi connectivity index (χ3n) is 2.86. The maximum atomic E-state index is 4.64. The Morgan fingerprint density at radius 1 is 1.50 bits per heavy atom. The number of hydrogen-bond donors (Lipinski definition) is 1. The summed E-state index contributed by atoms with van der Waals surface area (Å²) in [5.41, 5.74) is 1.12. The van der Waals surface area contributed by atoms with Crippen molar-refractivity contribution in [2.45, 2.75) is 33.2 Å². The molecule has 0 saturated heterocycles. The van der Waals surface area contributed by atoms with E-state index in [4.69, 9.17) is 0 Å².